The Morgan fingerprint density at radius 1 is 1.18 bits per heavy atom. The van der Waals surface area contributed by atoms with Gasteiger partial charge in [0.2, 0.25) is 0 Å². The van der Waals surface area contributed by atoms with E-state index >= 15 is 0 Å². The van der Waals surface area contributed by atoms with Crippen LogP contribution >= 0.6 is 11.6 Å². The van der Waals surface area contributed by atoms with Crippen LogP contribution in [0.5, 0.6) is 5.75 Å². The van der Waals surface area contributed by atoms with Crippen molar-refractivity contribution >= 4 is 28.7 Å². The summed E-state index contributed by atoms with van der Waals surface area (Å²) >= 11 is 5.93. The van der Waals surface area contributed by atoms with Gasteiger partial charge in [0.1, 0.15) is 18.2 Å². The predicted molar refractivity (Wildman–Crippen MR) is 131 cm³/mol. The van der Waals surface area contributed by atoms with E-state index < -0.39 is 0 Å². The number of likely N-dealkylation sites (tertiary alicyclic amines) is 1. The van der Waals surface area contributed by atoms with Crippen molar-refractivity contribution in [2.45, 2.75) is 52.6 Å². The van der Waals surface area contributed by atoms with Crippen molar-refractivity contribution in [1.29, 1.82) is 0 Å². The Morgan fingerprint density at radius 3 is 2.67 bits per heavy atom. The van der Waals surface area contributed by atoms with Crippen LogP contribution in [0.25, 0.3) is 11.0 Å². The minimum Gasteiger partial charge on any atom is -0.486 e. The van der Waals surface area contributed by atoms with Crippen LogP contribution < -0.4 is 4.74 Å². The number of nitrogens with zero attached hydrogens (tertiary/aromatic N) is 2. The molecule has 1 aromatic heterocycles. The molecule has 4 rings (SSSR count). The fraction of sp³-hybridized carbons (Fsp3) is 0.462. The number of H-pyrrole nitrogens is 1. The molecule has 1 amide bonds. The first-order valence-corrected chi connectivity index (χ1v) is 12.2. The lowest BCUT2D eigenvalue weighted by Crippen LogP contribution is -2.38. The normalized spacial score (nSPS) is 14.6. The van der Waals surface area contributed by atoms with Crippen molar-refractivity contribution in [1.82, 2.24) is 14.9 Å². The van der Waals surface area contributed by atoms with E-state index in [9.17, 15) is 4.79 Å². The van der Waals surface area contributed by atoms with Gasteiger partial charge >= 0.3 is 6.09 Å². The number of piperidine rings is 1. The highest BCUT2D eigenvalue weighted by Crippen LogP contribution is 2.26. The lowest BCUT2D eigenvalue weighted by atomic mass is 9.90. The van der Waals surface area contributed by atoms with Crippen molar-refractivity contribution < 1.29 is 14.3 Å². The van der Waals surface area contributed by atoms with Crippen LogP contribution in [0.2, 0.25) is 5.02 Å². The van der Waals surface area contributed by atoms with Gasteiger partial charge in [0.25, 0.3) is 0 Å². The molecule has 1 saturated heterocycles. The first-order valence-electron chi connectivity index (χ1n) is 11.8. The molecule has 7 heteroatoms. The second kappa shape index (κ2) is 10.9. The van der Waals surface area contributed by atoms with Gasteiger partial charge in [-0.3, -0.25) is 0 Å². The van der Waals surface area contributed by atoms with Gasteiger partial charge in [-0.1, -0.05) is 17.7 Å². The van der Waals surface area contributed by atoms with Crippen molar-refractivity contribution in [3.8, 4) is 5.75 Å². The van der Waals surface area contributed by atoms with E-state index in [4.69, 9.17) is 26.1 Å². The SMILES string of the molecule is CCOC(=O)N1CCC(CCCc2ccc3[nH]c(COc4ccc(Cl)cc4)nc3c2C)CC1. The van der Waals surface area contributed by atoms with E-state index in [1.54, 1.807) is 0 Å². The number of amides is 1. The number of nitrogens with one attached hydrogen (secondary N) is 1. The van der Waals surface area contributed by atoms with Crippen LogP contribution in [0, 0.1) is 12.8 Å². The van der Waals surface area contributed by atoms with Crippen LogP contribution in [-0.2, 0) is 17.8 Å². The Morgan fingerprint density at radius 2 is 1.94 bits per heavy atom. The molecule has 2 heterocycles. The number of ether oxygens (including phenoxy) is 2. The highest BCUT2D eigenvalue weighted by Gasteiger charge is 2.23. The number of rotatable bonds is 8. The third kappa shape index (κ3) is 5.99. The molecule has 0 radical (unpaired) electrons. The lowest BCUT2D eigenvalue weighted by Gasteiger charge is -2.31. The molecule has 2 aromatic carbocycles. The van der Waals surface area contributed by atoms with Crippen LogP contribution in [0.3, 0.4) is 0 Å². The summed E-state index contributed by atoms with van der Waals surface area (Å²) < 4.78 is 10.9. The molecule has 1 aliphatic rings. The summed E-state index contributed by atoms with van der Waals surface area (Å²) in [6.45, 7) is 6.44. The monoisotopic (exact) mass is 469 g/mol. The van der Waals surface area contributed by atoms with Gasteiger partial charge in [-0.25, -0.2) is 9.78 Å². The smallest absolute Gasteiger partial charge is 0.409 e. The van der Waals surface area contributed by atoms with Crippen LogP contribution in [0.4, 0.5) is 4.79 Å². The second-order valence-corrected chi connectivity index (χ2v) is 9.13. The summed E-state index contributed by atoms with van der Waals surface area (Å²) in [6.07, 6.45) is 5.34. The number of aromatic nitrogens is 2. The number of hydrogen-bond donors (Lipinski definition) is 1. The fourth-order valence-electron chi connectivity index (χ4n) is 4.53. The van der Waals surface area contributed by atoms with Crippen LogP contribution in [-0.4, -0.2) is 40.7 Å². The molecule has 1 aliphatic heterocycles. The van der Waals surface area contributed by atoms with Crippen LogP contribution in [0.15, 0.2) is 36.4 Å². The number of aryl methyl sites for hydroxylation is 2. The summed E-state index contributed by atoms with van der Waals surface area (Å²) in [7, 11) is 0. The molecule has 0 atom stereocenters. The van der Waals surface area contributed by atoms with E-state index in [0.717, 1.165) is 61.4 Å². The maximum atomic E-state index is 11.9. The average Bonchev–Trinajstić information content (AvgIpc) is 3.25. The lowest BCUT2D eigenvalue weighted by molar-refractivity contribution is 0.0907. The molecule has 0 saturated carbocycles. The average molecular weight is 470 g/mol. The molecule has 3 aromatic rings. The molecular formula is C26H32ClN3O3. The Bertz CT molecular complexity index is 1070. The van der Waals surface area contributed by atoms with Crippen molar-refractivity contribution in [3.05, 3.63) is 58.4 Å². The molecule has 0 bridgehead atoms. The molecular weight excluding hydrogens is 438 g/mol. The number of fused-ring (bicyclic) bond motifs is 1. The highest BCUT2D eigenvalue weighted by atomic mass is 35.5. The van der Waals surface area contributed by atoms with Gasteiger partial charge in [0, 0.05) is 18.1 Å². The zero-order chi connectivity index (χ0) is 23.2. The Kier molecular flexibility index (Phi) is 7.76. The quantitative estimate of drug-likeness (QED) is 0.420. The minimum atomic E-state index is -0.170. The van der Waals surface area contributed by atoms with E-state index in [-0.39, 0.29) is 6.09 Å². The van der Waals surface area contributed by atoms with Crippen molar-refractivity contribution in [2.75, 3.05) is 19.7 Å². The van der Waals surface area contributed by atoms with Gasteiger partial charge in [-0.15, -0.1) is 0 Å². The van der Waals surface area contributed by atoms with Crippen molar-refractivity contribution in [2.24, 2.45) is 5.92 Å². The first kappa shape index (κ1) is 23.4. The van der Waals surface area contributed by atoms with Crippen LogP contribution in [0.1, 0.15) is 49.6 Å². The number of carbonyl (C=O) groups is 1. The van der Waals surface area contributed by atoms with E-state index in [1.807, 2.05) is 36.1 Å². The van der Waals surface area contributed by atoms with Gasteiger partial charge in [-0.05, 0) is 93.3 Å². The summed E-state index contributed by atoms with van der Waals surface area (Å²) in [5.74, 6) is 2.26. The number of benzene rings is 2. The zero-order valence-corrected chi connectivity index (χ0v) is 20.2. The Hall–Kier alpha value is -2.73. The molecule has 0 aliphatic carbocycles. The van der Waals surface area contributed by atoms with E-state index in [1.165, 1.54) is 17.5 Å². The maximum absolute atomic E-state index is 11.9. The highest BCUT2D eigenvalue weighted by molar-refractivity contribution is 6.30. The van der Waals surface area contributed by atoms with Gasteiger partial charge < -0.3 is 19.4 Å². The second-order valence-electron chi connectivity index (χ2n) is 8.69. The standard InChI is InChI=1S/C26H32ClN3O3/c1-3-32-26(31)30-15-13-19(14-16-30)5-4-6-20-7-12-23-25(18(20)2)29-24(28-23)17-33-22-10-8-21(27)9-11-22/h7-12,19H,3-6,13-17H2,1-2H3,(H,28,29). The number of imidazole rings is 1. The molecule has 33 heavy (non-hydrogen) atoms. The number of halogens is 1. The molecule has 1 fully saturated rings. The van der Waals surface area contributed by atoms with Gasteiger partial charge in [0.05, 0.1) is 17.6 Å². The van der Waals surface area contributed by atoms with E-state index in [0.29, 0.717) is 24.2 Å². The predicted octanol–water partition coefficient (Wildman–Crippen LogP) is 6.29. The number of carbonyl (C=O) groups excluding carboxylic acids is 1. The van der Waals surface area contributed by atoms with Crippen molar-refractivity contribution in [3.63, 3.8) is 0 Å². The Labute approximate surface area is 200 Å². The molecule has 176 valence electrons. The maximum Gasteiger partial charge on any atom is 0.409 e. The molecule has 0 spiro atoms. The summed E-state index contributed by atoms with van der Waals surface area (Å²) in [6, 6.07) is 11.7. The number of hydrogen-bond acceptors (Lipinski definition) is 4. The summed E-state index contributed by atoms with van der Waals surface area (Å²) in [5.41, 5.74) is 4.64. The molecule has 1 N–H and O–H groups in total. The number of aromatic amines is 1. The zero-order valence-electron chi connectivity index (χ0n) is 19.4. The summed E-state index contributed by atoms with van der Waals surface area (Å²) in [4.78, 5) is 21.9. The topological polar surface area (TPSA) is 67.5 Å². The minimum absolute atomic E-state index is 0.170. The third-order valence-corrected chi connectivity index (χ3v) is 6.71. The van der Waals surface area contributed by atoms with Gasteiger partial charge in [-0.2, -0.15) is 0 Å². The first-order chi connectivity index (χ1) is 16.0. The largest absolute Gasteiger partial charge is 0.486 e. The van der Waals surface area contributed by atoms with E-state index in [2.05, 4.69) is 24.0 Å². The fourth-order valence-corrected chi connectivity index (χ4v) is 4.65. The van der Waals surface area contributed by atoms with Gasteiger partial charge in [0.15, 0.2) is 0 Å². The summed E-state index contributed by atoms with van der Waals surface area (Å²) in [5, 5.41) is 0.691. The molecule has 6 nitrogen and oxygen atoms in total. The third-order valence-electron chi connectivity index (χ3n) is 6.46. The molecule has 0 unspecified atom stereocenters. The Balaban J connectivity index is 1.28.